The molecule has 9 nitrogen and oxygen atoms in total. The Hall–Kier alpha value is -3.14. The fraction of sp³-hybridized carbons (Fsp3) is 0.429. The molecule has 0 unspecified atom stereocenters. The number of fused-ring (bicyclic) bond motifs is 1. The van der Waals surface area contributed by atoms with Gasteiger partial charge >= 0.3 is 0 Å². The summed E-state index contributed by atoms with van der Waals surface area (Å²) >= 11 is 1.33. The van der Waals surface area contributed by atoms with Crippen LogP contribution in [0.15, 0.2) is 29.1 Å². The summed E-state index contributed by atoms with van der Waals surface area (Å²) in [5, 5.41) is 8.21. The molecule has 1 aromatic carbocycles. The molecule has 0 bridgehead atoms. The zero-order valence-corrected chi connectivity index (χ0v) is 18.6. The molecule has 0 radical (unpaired) electrons. The number of hydrogen-bond acceptors (Lipinski definition) is 8. The predicted octanol–water partition coefficient (Wildman–Crippen LogP) is 2.33. The molecule has 1 aliphatic rings. The molecule has 0 atom stereocenters. The van der Waals surface area contributed by atoms with E-state index in [1.807, 2.05) is 0 Å². The van der Waals surface area contributed by atoms with Crippen LogP contribution in [-0.2, 0) is 6.54 Å². The van der Waals surface area contributed by atoms with Crippen LogP contribution in [0.5, 0.6) is 11.5 Å². The number of methoxy groups -OCH3 is 2. The number of anilines is 1. The Morgan fingerprint density at radius 2 is 2.00 bits per heavy atom. The highest BCUT2D eigenvalue weighted by Crippen LogP contribution is 2.27. The molecule has 31 heavy (non-hydrogen) atoms. The number of nitrogens with one attached hydrogen (secondary N) is 1. The van der Waals surface area contributed by atoms with Gasteiger partial charge < -0.3 is 19.7 Å². The monoisotopic (exact) mass is 443 g/mol. The third-order valence-electron chi connectivity index (χ3n) is 5.46. The summed E-state index contributed by atoms with van der Waals surface area (Å²) in [6, 6.07) is 6.58. The Kier molecular flexibility index (Phi) is 6.08. The summed E-state index contributed by atoms with van der Waals surface area (Å²) in [6.45, 7) is 4.26. The van der Waals surface area contributed by atoms with E-state index in [1.165, 1.54) is 21.9 Å². The predicted molar refractivity (Wildman–Crippen MR) is 118 cm³/mol. The minimum absolute atomic E-state index is 0.157. The number of carbonyl (C=O) groups is 1. The van der Waals surface area contributed by atoms with Gasteiger partial charge in [0.2, 0.25) is 10.1 Å². The molecule has 0 saturated carbocycles. The molecule has 10 heteroatoms. The topological polar surface area (TPSA) is 98.1 Å². The molecular formula is C21H25N5O4S. The molecule has 1 aliphatic heterocycles. The summed E-state index contributed by atoms with van der Waals surface area (Å²) in [7, 11) is 3.14. The molecule has 3 aromatic rings. The van der Waals surface area contributed by atoms with E-state index in [0.717, 1.165) is 36.6 Å². The van der Waals surface area contributed by atoms with E-state index >= 15 is 0 Å². The largest absolute Gasteiger partial charge is 0.497 e. The first-order valence-corrected chi connectivity index (χ1v) is 10.9. The number of piperidine rings is 1. The maximum Gasteiger partial charge on any atom is 0.274 e. The third kappa shape index (κ3) is 4.48. The van der Waals surface area contributed by atoms with Crippen LogP contribution >= 0.6 is 11.3 Å². The van der Waals surface area contributed by atoms with Crippen molar-refractivity contribution < 1.29 is 14.3 Å². The molecule has 4 rings (SSSR count). The second kappa shape index (κ2) is 8.93. The lowest BCUT2D eigenvalue weighted by Crippen LogP contribution is -2.32. The number of aromatic nitrogens is 3. The van der Waals surface area contributed by atoms with Crippen LogP contribution in [0.25, 0.3) is 4.96 Å². The Bertz CT molecular complexity index is 1150. The summed E-state index contributed by atoms with van der Waals surface area (Å²) in [4.78, 5) is 31.7. The van der Waals surface area contributed by atoms with Gasteiger partial charge in [0.1, 0.15) is 17.2 Å². The van der Waals surface area contributed by atoms with Crippen LogP contribution in [0.4, 0.5) is 5.13 Å². The van der Waals surface area contributed by atoms with Crippen molar-refractivity contribution in [1.29, 1.82) is 0 Å². The van der Waals surface area contributed by atoms with Crippen LogP contribution in [0.2, 0.25) is 0 Å². The summed E-state index contributed by atoms with van der Waals surface area (Å²) in [5.41, 5.74) is 0.450. The Labute approximate surface area is 183 Å². The van der Waals surface area contributed by atoms with E-state index in [2.05, 4.69) is 27.2 Å². The van der Waals surface area contributed by atoms with Gasteiger partial charge in [-0.3, -0.25) is 9.59 Å². The van der Waals surface area contributed by atoms with Gasteiger partial charge in [-0.2, -0.15) is 9.50 Å². The SMILES string of the molecule is COc1ccc(OC)c(CNC(=O)c2cc(=O)nc3sc(N4CCC(C)CC4)nn23)c1. The Morgan fingerprint density at radius 3 is 2.71 bits per heavy atom. The lowest BCUT2D eigenvalue weighted by molar-refractivity contribution is 0.0943. The van der Waals surface area contributed by atoms with Gasteiger partial charge in [0.05, 0.1) is 14.2 Å². The fourth-order valence-corrected chi connectivity index (χ4v) is 4.54. The van der Waals surface area contributed by atoms with E-state index < -0.39 is 11.5 Å². The van der Waals surface area contributed by atoms with Gasteiger partial charge in [0, 0.05) is 31.3 Å². The van der Waals surface area contributed by atoms with E-state index in [0.29, 0.717) is 22.4 Å². The fourth-order valence-electron chi connectivity index (χ4n) is 3.58. The summed E-state index contributed by atoms with van der Waals surface area (Å²) in [6.07, 6.45) is 2.19. The van der Waals surface area contributed by atoms with E-state index in [1.54, 1.807) is 32.4 Å². The average molecular weight is 444 g/mol. The van der Waals surface area contributed by atoms with Crippen LogP contribution in [-0.4, -0.2) is 47.8 Å². The normalized spacial score (nSPS) is 14.6. The molecule has 1 N–H and O–H groups in total. The quantitative estimate of drug-likeness (QED) is 0.624. The van der Waals surface area contributed by atoms with Crippen LogP contribution in [0.1, 0.15) is 35.8 Å². The highest BCUT2D eigenvalue weighted by atomic mass is 32.1. The standard InChI is InChI=1S/C21H25N5O4S/c1-13-6-8-25(9-7-13)21-24-26-16(11-18(27)23-20(26)31-21)19(28)22-12-14-10-15(29-2)4-5-17(14)30-3/h4-5,10-11,13H,6-9,12H2,1-3H3,(H,22,28). The molecular weight excluding hydrogens is 418 g/mol. The van der Waals surface area contributed by atoms with Crippen molar-refractivity contribution in [2.75, 3.05) is 32.2 Å². The lowest BCUT2D eigenvalue weighted by Gasteiger charge is -2.29. The summed E-state index contributed by atoms with van der Waals surface area (Å²) in [5.74, 6) is 1.57. The second-order valence-electron chi connectivity index (χ2n) is 7.59. The second-order valence-corrected chi connectivity index (χ2v) is 8.52. The smallest absolute Gasteiger partial charge is 0.274 e. The van der Waals surface area contributed by atoms with E-state index in [-0.39, 0.29) is 12.2 Å². The van der Waals surface area contributed by atoms with Crippen molar-refractivity contribution in [2.24, 2.45) is 5.92 Å². The highest BCUT2D eigenvalue weighted by Gasteiger charge is 2.22. The molecule has 0 spiro atoms. The van der Waals surface area contributed by atoms with E-state index in [9.17, 15) is 9.59 Å². The zero-order valence-electron chi connectivity index (χ0n) is 17.8. The van der Waals surface area contributed by atoms with Crippen molar-refractivity contribution >= 4 is 27.3 Å². The minimum atomic E-state index is -0.466. The number of nitrogens with zero attached hydrogens (tertiary/aromatic N) is 4. The van der Waals surface area contributed by atoms with Gasteiger partial charge in [0.15, 0.2) is 0 Å². The third-order valence-corrected chi connectivity index (χ3v) is 6.43. The van der Waals surface area contributed by atoms with E-state index in [4.69, 9.17) is 9.47 Å². The first kappa shape index (κ1) is 21.1. The number of benzene rings is 1. The number of ether oxygens (including phenoxy) is 2. The molecule has 0 aliphatic carbocycles. The first-order valence-electron chi connectivity index (χ1n) is 10.1. The summed E-state index contributed by atoms with van der Waals surface area (Å²) < 4.78 is 12.1. The Balaban J connectivity index is 1.59. The van der Waals surface area contributed by atoms with Gasteiger partial charge in [0.25, 0.3) is 11.5 Å². The molecule has 1 amide bonds. The van der Waals surface area contributed by atoms with Gasteiger partial charge in [-0.1, -0.05) is 18.3 Å². The van der Waals surface area contributed by atoms with Crippen LogP contribution < -0.4 is 25.2 Å². The number of hydrogen-bond donors (Lipinski definition) is 1. The maximum atomic E-state index is 12.9. The molecule has 1 fully saturated rings. The molecule has 3 heterocycles. The highest BCUT2D eigenvalue weighted by molar-refractivity contribution is 7.20. The first-order chi connectivity index (χ1) is 15.0. The van der Waals surface area contributed by atoms with Crippen molar-refractivity contribution in [2.45, 2.75) is 26.3 Å². The van der Waals surface area contributed by atoms with Crippen LogP contribution in [0, 0.1) is 5.92 Å². The lowest BCUT2D eigenvalue weighted by atomic mass is 10.00. The molecule has 164 valence electrons. The van der Waals surface area contributed by atoms with Gasteiger partial charge in [-0.25, -0.2) is 0 Å². The average Bonchev–Trinajstić information content (AvgIpc) is 3.20. The maximum absolute atomic E-state index is 12.9. The van der Waals surface area contributed by atoms with Crippen molar-refractivity contribution in [3.8, 4) is 11.5 Å². The van der Waals surface area contributed by atoms with Crippen LogP contribution in [0.3, 0.4) is 0 Å². The molecule has 2 aromatic heterocycles. The molecule has 1 saturated heterocycles. The van der Waals surface area contributed by atoms with Crippen molar-refractivity contribution in [3.63, 3.8) is 0 Å². The van der Waals surface area contributed by atoms with Gasteiger partial charge in [-0.15, -0.1) is 5.10 Å². The van der Waals surface area contributed by atoms with Crippen molar-refractivity contribution in [1.82, 2.24) is 19.9 Å². The minimum Gasteiger partial charge on any atom is -0.497 e. The Morgan fingerprint density at radius 1 is 1.23 bits per heavy atom. The number of carbonyl (C=O) groups excluding carboxylic acids is 1. The van der Waals surface area contributed by atoms with Gasteiger partial charge in [-0.05, 0) is 37.0 Å². The van der Waals surface area contributed by atoms with Crippen molar-refractivity contribution in [3.05, 3.63) is 45.9 Å². The number of amides is 1. The zero-order chi connectivity index (χ0) is 22.0. The number of rotatable bonds is 6.